The van der Waals surface area contributed by atoms with E-state index in [1.165, 1.54) is 10.5 Å². The van der Waals surface area contributed by atoms with Crippen LogP contribution in [0.1, 0.15) is 13.3 Å². The van der Waals surface area contributed by atoms with E-state index in [-0.39, 0.29) is 11.1 Å². The van der Waals surface area contributed by atoms with E-state index >= 15 is 0 Å². The van der Waals surface area contributed by atoms with Crippen LogP contribution in [0.25, 0.3) is 0 Å². The molecule has 0 spiro atoms. The third kappa shape index (κ3) is 3.04. The Balaban J connectivity index is 2.33. The van der Waals surface area contributed by atoms with Crippen molar-refractivity contribution in [2.24, 2.45) is 0 Å². The summed E-state index contributed by atoms with van der Waals surface area (Å²) in [6.45, 7) is 2.60. The molecule has 1 saturated heterocycles. The van der Waals surface area contributed by atoms with E-state index in [0.717, 1.165) is 17.9 Å². The Morgan fingerprint density at radius 2 is 2.37 bits per heavy atom. The zero-order chi connectivity index (χ0) is 13.9. The lowest BCUT2D eigenvalue weighted by Gasteiger charge is -2.23. The van der Waals surface area contributed by atoms with Crippen molar-refractivity contribution in [3.8, 4) is 0 Å². The van der Waals surface area contributed by atoms with Gasteiger partial charge in [0, 0.05) is 31.6 Å². The van der Waals surface area contributed by atoms with Gasteiger partial charge in [0.05, 0.1) is 5.69 Å². The van der Waals surface area contributed by atoms with E-state index in [1.807, 2.05) is 6.92 Å². The van der Waals surface area contributed by atoms with Gasteiger partial charge in [0.1, 0.15) is 0 Å². The van der Waals surface area contributed by atoms with Crippen molar-refractivity contribution in [1.29, 1.82) is 0 Å². The second kappa shape index (κ2) is 6.11. The normalized spacial score (nSPS) is 19.8. The van der Waals surface area contributed by atoms with Crippen molar-refractivity contribution in [3.63, 3.8) is 0 Å². The van der Waals surface area contributed by atoms with E-state index in [2.05, 4.69) is 10.3 Å². The first-order valence-electron chi connectivity index (χ1n) is 6.32. The van der Waals surface area contributed by atoms with Crippen molar-refractivity contribution in [2.75, 3.05) is 30.4 Å². The Labute approximate surface area is 118 Å². The lowest BCUT2D eigenvalue weighted by molar-refractivity contribution is 0.393. The molecule has 0 aliphatic carbocycles. The van der Waals surface area contributed by atoms with Crippen molar-refractivity contribution < 1.29 is 8.42 Å². The third-order valence-corrected chi connectivity index (χ3v) is 6.20. The Hall–Kier alpha value is -0.790. The zero-order valence-corrected chi connectivity index (χ0v) is 12.8. The number of thioether (sulfide) groups is 1. The number of sulfonamides is 1. The fraction of sp³-hybridized carbons (Fsp3) is 0.583. The molecule has 2 heterocycles. The van der Waals surface area contributed by atoms with Crippen LogP contribution in [0.4, 0.5) is 5.69 Å². The first kappa shape index (κ1) is 14.6. The molecule has 106 valence electrons. The monoisotopic (exact) mass is 301 g/mol. The van der Waals surface area contributed by atoms with Gasteiger partial charge in [-0.3, -0.25) is 0 Å². The molecular formula is C12H19N3O2S2. The van der Waals surface area contributed by atoms with Crippen LogP contribution < -0.4 is 5.32 Å². The largest absolute Gasteiger partial charge is 0.383 e. The molecule has 0 bridgehead atoms. The van der Waals surface area contributed by atoms with Crippen LogP contribution >= 0.6 is 11.8 Å². The van der Waals surface area contributed by atoms with Gasteiger partial charge in [-0.25, -0.2) is 13.4 Å². The summed E-state index contributed by atoms with van der Waals surface area (Å²) in [6, 6.07) is 3.56. The molecule has 19 heavy (non-hydrogen) atoms. The molecule has 1 aliphatic rings. The molecule has 0 aromatic carbocycles. The Morgan fingerprint density at radius 3 is 3.00 bits per heavy atom. The van der Waals surface area contributed by atoms with Crippen molar-refractivity contribution in [3.05, 3.63) is 18.3 Å². The van der Waals surface area contributed by atoms with Crippen molar-refractivity contribution in [1.82, 2.24) is 9.29 Å². The van der Waals surface area contributed by atoms with Crippen LogP contribution in [0.3, 0.4) is 0 Å². The second-order valence-electron chi connectivity index (χ2n) is 4.43. The number of nitrogens with one attached hydrogen (secondary N) is 1. The average Bonchev–Trinajstić information content (AvgIpc) is 2.92. The first-order chi connectivity index (χ1) is 9.07. The maximum absolute atomic E-state index is 12.6. The minimum absolute atomic E-state index is 0.0754. The van der Waals surface area contributed by atoms with Crippen LogP contribution in [-0.4, -0.2) is 48.8 Å². The van der Waals surface area contributed by atoms with Crippen LogP contribution in [0.2, 0.25) is 0 Å². The molecule has 5 nitrogen and oxygen atoms in total. The molecule has 1 atom stereocenters. The summed E-state index contributed by atoms with van der Waals surface area (Å²) in [5.74, 6) is 1.88. The van der Waals surface area contributed by atoms with Gasteiger partial charge in [-0.2, -0.15) is 16.1 Å². The molecule has 1 aromatic heterocycles. The Kier molecular flexibility index (Phi) is 4.70. The van der Waals surface area contributed by atoms with Gasteiger partial charge < -0.3 is 5.32 Å². The molecule has 1 unspecified atom stereocenters. The molecular weight excluding hydrogens is 282 g/mol. The number of aromatic nitrogens is 1. The average molecular weight is 301 g/mol. The summed E-state index contributed by atoms with van der Waals surface area (Å²) >= 11 is 1.79. The standard InChI is InChI=1S/C12H19N3O2S2/c1-3-13-11-5-4-7-14-12(11)19(16,17)15(2)10-6-8-18-9-10/h4-5,7,10,13H,3,6,8-9H2,1-2H3. The summed E-state index contributed by atoms with van der Waals surface area (Å²) in [5.41, 5.74) is 0.572. The van der Waals surface area contributed by atoms with E-state index in [4.69, 9.17) is 0 Å². The number of hydrogen-bond acceptors (Lipinski definition) is 5. The van der Waals surface area contributed by atoms with E-state index < -0.39 is 10.0 Å². The zero-order valence-electron chi connectivity index (χ0n) is 11.2. The van der Waals surface area contributed by atoms with Crippen LogP contribution in [0.5, 0.6) is 0 Å². The van der Waals surface area contributed by atoms with Gasteiger partial charge in [0.15, 0.2) is 5.03 Å². The number of pyridine rings is 1. The summed E-state index contributed by atoms with van der Waals surface area (Å²) in [6.07, 6.45) is 2.43. The molecule has 1 aromatic rings. The van der Waals surface area contributed by atoms with E-state index in [1.54, 1.807) is 30.9 Å². The van der Waals surface area contributed by atoms with Crippen molar-refractivity contribution in [2.45, 2.75) is 24.4 Å². The van der Waals surface area contributed by atoms with Crippen LogP contribution in [0.15, 0.2) is 23.4 Å². The SMILES string of the molecule is CCNc1cccnc1S(=O)(=O)N(C)C1CCSC1. The molecule has 1 fully saturated rings. The highest BCUT2D eigenvalue weighted by atomic mass is 32.2. The van der Waals surface area contributed by atoms with Gasteiger partial charge >= 0.3 is 0 Å². The van der Waals surface area contributed by atoms with Gasteiger partial charge in [-0.15, -0.1) is 0 Å². The number of nitrogens with zero attached hydrogens (tertiary/aromatic N) is 2. The first-order valence-corrected chi connectivity index (χ1v) is 8.91. The summed E-state index contributed by atoms with van der Waals surface area (Å²) in [7, 11) is -1.88. The predicted molar refractivity (Wildman–Crippen MR) is 79.1 cm³/mol. The fourth-order valence-electron chi connectivity index (χ4n) is 2.06. The molecule has 2 rings (SSSR count). The molecule has 1 N–H and O–H groups in total. The van der Waals surface area contributed by atoms with Crippen molar-refractivity contribution >= 4 is 27.5 Å². The predicted octanol–water partition coefficient (Wildman–Crippen LogP) is 1.64. The maximum atomic E-state index is 12.6. The molecule has 1 aliphatic heterocycles. The van der Waals surface area contributed by atoms with Gasteiger partial charge in [0.25, 0.3) is 10.0 Å². The molecule has 0 amide bonds. The van der Waals surface area contributed by atoms with Gasteiger partial charge in [-0.05, 0) is 31.2 Å². The molecule has 0 radical (unpaired) electrons. The van der Waals surface area contributed by atoms with Gasteiger partial charge in [-0.1, -0.05) is 0 Å². The van der Waals surface area contributed by atoms with Crippen LogP contribution in [0, 0.1) is 0 Å². The summed E-state index contributed by atoms with van der Waals surface area (Å²) in [4.78, 5) is 4.06. The Morgan fingerprint density at radius 1 is 1.58 bits per heavy atom. The van der Waals surface area contributed by atoms with Gasteiger partial charge in [0.2, 0.25) is 0 Å². The number of anilines is 1. The quantitative estimate of drug-likeness (QED) is 0.896. The van der Waals surface area contributed by atoms with E-state index in [9.17, 15) is 8.42 Å². The van der Waals surface area contributed by atoms with E-state index in [0.29, 0.717) is 12.2 Å². The third-order valence-electron chi connectivity index (χ3n) is 3.18. The number of rotatable bonds is 5. The fourth-order valence-corrected chi connectivity index (χ4v) is 4.88. The Bertz CT molecular complexity index is 528. The maximum Gasteiger partial charge on any atom is 0.262 e. The lowest BCUT2D eigenvalue weighted by atomic mass is 10.3. The smallest absolute Gasteiger partial charge is 0.262 e. The topological polar surface area (TPSA) is 62.3 Å². The number of hydrogen-bond donors (Lipinski definition) is 1. The highest BCUT2D eigenvalue weighted by Crippen LogP contribution is 2.28. The molecule has 7 heteroatoms. The van der Waals surface area contributed by atoms with Crippen LogP contribution in [-0.2, 0) is 10.0 Å². The minimum atomic E-state index is -3.53. The summed E-state index contributed by atoms with van der Waals surface area (Å²) in [5, 5.41) is 3.18. The second-order valence-corrected chi connectivity index (χ2v) is 7.49. The lowest BCUT2D eigenvalue weighted by Crippen LogP contribution is -2.37. The summed E-state index contributed by atoms with van der Waals surface area (Å²) < 4.78 is 26.7. The highest BCUT2D eigenvalue weighted by Gasteiger charge is 2.32. The highest BCUT2D eigenvalue weighted by molar-refractivity contribution is 7.99. The molecule has 0 saturated carbocycles. The minimum Gasteiger partial charge on any atom is -0.383 e.